The van der Waals surface area contributed by atoms with Crippen molar-refractivity contribution in [3.8, 4) is 0 Å². The van der Waals surface area contributed by atoms with Crippen LogP contribution in [0.15, 0.2) is 78.9 Å². The molecule has 3 N–H and O–H groups in total. The van der Waals surface area contributed by atoms with Gasteiger partial charge in [-0.2, -0.15) is 0 Å². The number of fused-ring (bicyclic) bond motifs is 1. The summed E-state index contributed by atoms with van der Waals surface area (Å²) in [5.74, 6) is -0.918. The van der Waals surface area contributed by atoms with Gasteiger partial charge in [0, 0.05) is 11.7 Å². The number of rotatable bonds is 4. The molecule has 1 saturated heterocycles. The first-order chi connectivity index (χ1) is 15.1. The average molecular weight is 412 g/mol. The molecule has 0 aromatic heterocycles. The Hall–Kier alpha value is -3.81. The van der Waals surface area contributed by atoms with Crippen LogP contribution in [0.4, 0.5) is 11.4 Å². The molecule has 0 saturated carbocycles. The number of amides is 3. The summed E-state index contributed by atoms with van der Waals surface area (Å²) in [7, 11) is 0. The zero-order chi connectivity index (χ0) is 21.4. The van der Waals surface area contributed by atoms with E-state index in [0.29, 0.717) is 28.9 Å². The topological polar surface area (TPSA) is 90.5 Å². The van der Waals surface area contributed by atoms with Crippen molar-refractivity contribution in [2.24, 2.45) is 0 Å². The average Bonchev–Trinajstić information content (AvgIpc) is 3.39. The number of imide groups is 1. The van der Waals surface area contributed by atoms with E-state index in [1.807, 2.05) is 30.3 Å². The lowest BCUT2D eigenvalue weighted by molar-refractivity contribution is -0.117. The second-order valence-corrected chi connectivity index (χ2v) is 7.57. The normalized spacial score (nSPS) is 20.1. The van der Waals surface area contributed by atoms with Gasteiger partial charge in [-0.15, -0.1) is 0 Å². The van der Waals surface area contributed by atoms with E-state index in [1.165, 1.54) is 0 Å². The van der Waals surface area contributed by atoms with Crippen molar-refractivity contribution in [1.82, 2.24) is 10.9 Å². The summed E-state index contributed by atoms with van der Waals surface area (Å²) in [5, 5.41) is 2.88. The van der Waals surface area contributed by atoms with Crippen molar-refractivity contribution >= 4 is 29.1 Å². The lowest BCUT2D eigenvalue weighted by atomic mass is 10.0. The highest BCUT2D eigenvalue weighted by Gasteiger charge is 2.36. The third-order valence-electron chi connectivity index (χ3n) is 5.59. The predicted molar refractivity (Wildman–Crippen MR) is 117 cm³/mol. The van der Waals surface area contributed by atoms with Crippen LogP contribution in [0.2, 0.25) is 0 Å². The predicted octanol–water partition coefficient (Wildman–Crippen LogP) is 3.03. The zero-order valence-corrected chi connectivity index (χ0v) is 16.5. The summed E-state index contributed by atoms with van der Waals surface area (Å²) in [5.41, 5.74) is 9.01. The van der Waals surface area contributed by atoms with Gasteiger partial charge in [0.1, 0.15) is 6.04 Å². The van der Waals surface area contributed by atoms with Crippen molar-refractivity contribution in [3.05, 3.63) is 95.6 Å². The van der Waals surface area contributed by atoms with E-state index in [2.05, 4.69) is 16.2 Å². The van der Waals surface area contributed by atoms with Gasteiger partial charge in [-0.3, -0.25) is 14.4 Å². The maximum absolute atomic E-state index is 12.8. The van der Waals surface area contributed by atoms with Crippen LogP contribution in [0.3, 0.4) is 0 Å². The molecule has 3 amide bonds. The number of hydrogen-bond acceptors (Lipinski definition) is 5. The molecule has 0 spiro atoms. The number of carbonyl (C=O) groups excluding carboxylic acids is 3. The first-order valence-corrected chi connectivity index (χ1v) is 10.1. The molecular formula is C24H20N4O3. The molecule has 7 heteroatoms. The quantitative estimate of drug-likeness (QED) is 0.573. The minimum atomic E-state index is -0.409. The number of carbonyl (C=O) groups is 3. The smallest absolute Gasteiger partial charge is 0.266 e. The van der Waals surface area contributed by atoms with E-state index in [9.17, 15) is 14.4 Å². The van der Waals surface area contributed by atoms with Gasteiger partial charge in [-0.1, -0.05) is 48.5 Å². The van der Waals surface area contributed by atoms with Crippen LogP contribution in [0.5, 0.6) is 0 Å². The Labute approximate surface area is 179 Å². The molecule has 2 heterocycles. The molecule has 7 nitrogen and oxygen atoms in total. The summed E-state index contributed by atoms with van der Waals surface area (Å²) in [6.45, 7) is 0. The Morgan fingerprint density at radius 3 is 2.23 bits per heavy atom. The third-order valence-corrected chi connectivity index (χ3v) is 5.59. The number of nitrogens with zero attached hydrogens (tertiary/aromatic N) is 1. The molecule has 0 bridgehead atoms. The molecule has 2 unspecified atom stereocenters. The van der Waals surface area contributed by atoms with Gasteiger partial charge in [0.05, 0.1) is 16.8 Å². The Kier molecular flexibility index (Phi) is 4.82. The molecule has 0 radical (unpaired) electrons. The second kappa shape index (κ2) is 7.79. The molecule has 1 fully saturated rings. The molecule has 3 aromatic carbocycles. The van der Waals surface area contributed by atoms with Gasteiger partial charge >= 0.3 is 0 Å². The van der Waals surface area contributed by atoms with Crippen LogP contribution in [-0.2, 0) is 4.79 Å². The summed E-state index contributed by atoms with van der Waals surface area (Å²) >= 11 is 0. The molecule has 2 atom stereocenters. The van der Waals surface area contributed by atoms with E-state index in [4.69, 9.17) is 0 Å². The monoisotopic (exact) mass is 412 g/mol. The second-order valence-electron chi connectivity index (χ2n) is 7.57. The van der Waals surface area contributed by atoms with E-state index in [1.54, 1.807) is 48.5 Å². The maximum Gasteiger partial charge on any atom is 0.266 e. The summed E-state index contributed by atoms with van der Waals surface area (Å²) in [6.07, 6.45) is 0.605. The number of anilines is 2. The van der Waals surface area contributed by atoms with Gasteiger partial charge in [-0.05, 0) is 42.3 Å². The molecular weight excluding hydrogens is 392 g/mol. The zero-order valence-electron chi connectivity index (χ0n) is 16.5. The van der Waals surface area contributed by atoms with Crippen LogP contribution in [-0.4, -0.2) is 23.8 Å². The Morgan fingerprint density at radius 1 is 0.839 bits per heavy atom. The van der Waals surface area contributed by atoms with Gasteiger partial charge in [0.15, 0.2) is 0 Å². The summed E-state index contributed by atoms with van der Waals surface area (Å²) in [6, 6.07) is 23.1. The highest BCUT2D eigenvalue weighted by molar-refractivity contribution is 6.34. The standard InChI is InChI=1S/C24H20N4O3/c29-22(21-14-20(26-27-21)15-7-2-1-3-8-15)25-16-9-6-10-17(13-16)28-23(30)18-11-4-5-12-19(18)24(28)31/h1-13,20-21,26-27H,14H2,(H,25,29). The van der Waals surface area contributed by atoms with Crippen molar-refractivity contribution in [3.63, 3.8) is 0 Å². The third kappa shape index (κ3) is 3.50. The van der Waals surface area contributed by atoms with Crippen LogP contribution < -0.4 is 21.1 Å². The van der Waals surface area contributed by atoms with Crippen molar-refractivity contribution in [2.75, 3.05) is 10.2 Å². The van der Waals surface area contributed by atoms with Crippen molar-refractivity contribution < 1.29 is 14.4 Å². The largest absolute Gasteiger partial charge is 0.325 e. The molecule has 2 aliphatic heterocycles. The number of benzene rings is 3. The number of hydrazine groups is 1. The Bertz CT molecular complexity index is 1140. The lowest BCUT2D eigenvalue weighted by Gasteiger charge is -2.16. The number of hydrogen-bond donors (Lipinski definition) is 3. The van der Waals surface area contributed by atoms with Crippen LogP contribution in [0.1, 0.15) is 38.7 Å². The minimum absolute atomic E-state index is 0.0432. The SMILES string of the molecule is O=C(Nc1cccc(N2C(=O)c3ccccc3C2=O)c1)C1CC(c2ccccc2)NN1. The van der Waals surface area contributed by atoms with E-state index in [-0.39, 0.29) is 23.8 Å². The first kappa shape index (κ1) is 19.2. The van der Waals surface area contributed by atoms with Crippen LogP contribution in [0.25, 0.3) is 0 Å². The van der Waals surface area contributed by atoms with E-state index < -0.39 is 6.04 Å². The van der Waals surface area contributed by atoms with E-state index >= 15 is 0 Å². The van der Waals surface area contributed by atoms with Gasteiger partial charge in [-0.25, -0.2) is 15.8 Å². The van der Waals surface area contributed by atoms with Gasteiger partial charge in [0.2, 0.25) is 5.91 Å². The van der Waals surface area contributed by atoms with Gasteiger partial charge < -0.3 is 5.32 Å². The maximum atomic E-state index is 12.8. The fourth-order valence-corrected chi connectivity index (χ4v) is 4.01. The fourth-order valence-electron chi connectivity index (χ4n) is 4.01. The lowest BCUT2D eigenvalue weighted by Crippen LogP contribution is -2.39. The van der Waals surface area contributed by atoms with Crippen LogP contribution >= 0.6 is 0 Å². The highest BCUT2D eigenvalue weighted by Crippen LogP contribution is 2.30. The van der Waals surface area contributed by atoms with Crippen molar-refractivity contribution in [1.29, 1.82) is 0 Å². The molecule has 154 valence electrons. The molecule has 0 aliphatic carbocycles. The first-order valence-electron chi connectivity index (χ1n) is 10.1. The Balaban J connectivity index is 1.30. The van der Waals surface area contributed by atoms with Crippen molar-refractivity contribution in [2.45, 2.75) is 18.5 Å². The summed E-state index contributed by atoms with van der Waals surface area (Å²) in [4.78, 5) is 39.4. The number of nitrogens with one attached hydrogen (secondary N) is 3. The van der Waals surface area contributed by atoms with E-state index in [0.717, 1.165) is 10.5 Å². The van der Waals surface area contributed by atoms with Gasteiger partial charge in [0.25, 0.3) is 11.8 Å². The fraction of sp³-hybridized carbons (Fsp3) is 0.125. The molecule has 2 aliphatic rings. The summed E-state index contributed by atoms with van der Waals surface area (Å²) < 4.78 is 0. The highest BCUT2D eigenvalue weighted by atomic mass is 16.2. The molecule has 31 heavy (non-hydrogen) atoms. The Morgan fingerprint density at radius 2 is 1.52 bits per heavy atom. The molecule has 3 aromatic rings. The minimum Gasteiger partial charge on any atom is -0.325 e. The molecule has 5 rings (SSSR count). The van der Waals surface area contributed by atoms with Crippen LogP contribution in [0, 0.1) is 0 Å².